The average molecular weight is 417 g/mol. The Bertz CT molecular complexity index is 1270. The molecule has 0 aliphatic carbocycles. The number of imidazole rings is 1. The number of fused-ring (bicyclic) bond motifs is 1. The molecular weight excluding hydrogens is 399 g/mol. The van der Waals surface area contributed by atoms with Crippen LogP contribution in [0.25, 0.3) is 22.6 Å². The van der Waals surface area contributed by atoms with E-state index in [2.05, 4.69) is 20.1 Å². The van der Waals surface area contributed by atoms with Crippen LogP contribution >= 0.6 is 0 Å². The van der Waals surface area contributed by atoms with Crippen molar-refractivity contribution in [3.05, 3.63) is 58.1 Å². The molecule has 1 aromatic carbocycles. The first-order valence-corrected chi connectivity index (χ1v) is 9.21. The van der Waals surface area contributed by atoms with Crippen LogP contribution in [0.3, 0.4) is 0 Å². The molecule has 0 fully saturated rings. The minimum Gasteiger partial charge on any atom is -0.369 e. The maximum atomic E-state index is 12.9. The van der Waals surface area contributed by atoms with Gasteiger partial charge in [-0.05, 0) is 24.1 Å². The first-order valence-electron chi connectivity index (χ1n) is 9.21. The fraction of sp³-hybridized carbons (Fsp3) is 0.263. The van der Waals surface area contributed by atoms with E-state index >= 15 is 0 Å². The minimum atomic E-state index is -4.40. The third-order valence-electron chi connectivity index (χ3n) is 4.59. The highest BCUT2D eigenvalue weighted by Crippen LogP contribution is 2.29. The minimum absolute atomic E-state index is 0.0904. The van der Waals surface area contributed by atoms with E-state index in [0.29, 0.717) is 23.5 Å². The first-order chi connectivity index (χ1) is 14.3. The second-order valence-electron chi connectivity index (χ2n) is 6.84. The molecule has 0 aliphatic heterocycles. The Morgan fingerprint density at radius 3 is 2.77 bits per heavy atom. The Balaban J connectivity index is 1.64. The van der Waals surface area contributed by atoms with Crippen molar-refractivity contribution < 1.29 is 13.2 Å². The van der Waals surface area contributed by atoms with Crippen molar-refractivity contribution in [3.63, 3.8) is 0 Å². The maximum Gasteiger partial charge on any atom is 0.416 e. The number of alkyl halides is 3. The van der Waals surface area contributed by atoms with Gasteiger partial charge in [-0.15, -0.1) is 0 Å². The molecule has 0 spiro atoms. The maximum absolute atomic E-state index is 12.9. The Kier molecular flexibility index (Phi) is 4.80. The van der Waals surface area contributed by atoms with Gasteiger partial charge in [0, 0.05) is 12.7 Å². The van der Waals surface area contributed by atoms with Crippen LogP contribution in [0.15, 0.2) is 41.5 Å². The highest BCUT2D eigenvalue weighted by atomic mass is 19.4. The number of H-pyrrole nitrogens is 1. The van der Waals surface area contributed by atoms with Gasteiger partial charge in [-0.25, -0.2) is 4.98 Å². The number of rotatable bonds is 5. The average Bonchev–Trinajstić information content (AvgIpc) is 3.32. The molecule has 0 radical (unpaired) electrons. The SMILES string of the molecule is CCCn1c(N)nc2nc(-c3cnn(Cc4cccc(C(F)(F)F)c4)c3)[nH]c2c1=O. The summed E-state index contributed by atoms with van der Waals surface area (Å²) in [7, 11) is 0. The number of nitrogens with two attached hydrogens (primary N) is 1. The number of hydrogen-bond donors (Lipinski definition) is 2. The molecule has 11 heteroatoms. The second kappa shape index (κ2) is 7.32. The van der Waals surface area contributed by atoms with Crippen LogP contribution < -0.4 is 11.3 Å². The molecule has 0 bridgehead atoms. The fourth-order valence-electron chi connectivity index (χ4n) is 3.18. The van der Waals surface area contributed by atoms with Crippen molar-refractivity contribution in [2.75, 3.05) is 5.73 Å². The van der Waals surface area contributed by atoms with E-state index in [0.717, 1.165) is 18.6 Å². The molecule has 30 heavy (non-hydrogen) atoms. The molecule has 0 saturated heterocycles. The van der Waals surface area contributed by atoms with Gasteiger partial charge in [-0.1, -0.05) is 19.1 Å². The summed E-state index contributed by atoms with van der Waals surface area (Å²) in [5.41, 5.74) is 6.30. The van der Waals surface area contributed by atoms with Gasteiger partial charge in [-0.3, -0.25) is 14.0 Å². The van der Waals surface area contributed by atoms with E-state index in [4.69, 9.17) is 5.73 Å². The molecule has 3 N–H and O–H groups in total. The predicted molar refractivity (Wildman–Crippen MR) is 105 cm³/mol. The number of halogens is 3. The van der Waals surface area contributed by atoms with Crippen molar-refractivity contribution >= 4 is 17.1 Å². The molecular formula is C19H18F3N7O. The monoisotopic (exact) mass is 417 g/mol. The summed E-state index contributed by atoms with van der Waals surface area (Å²) in [6, 6.07) is 5.07. The summed E-state index contributed by atoms with van der Waals surface area (Å²) in [4.78, 5) is 24.0. The van der Waals surface area contributed by atoms with Crippen LogP contribution in [0.1, 0.15) is 24.5 Å². The van der Waals surface area contributed by atoms with Gasteiger partial charge in [-0.2, -0.15) is 23.3 Å². The zero-order valence-corrected chi connectivity index (χ0v) is 15.9. The topological polar surface area (TPSA) is 107 Å². The van der Waals surface area contributed by atoms with Crippen LogP contribution in [-0.2, 0) is 19.3 Å². The van der Waals surface area contributed by atoms with Crippen LogP contribution in [0.2, 0.25) is 0 Å². The Labute approximate surface area is 168 Å². The van der Waals surface area contributed by atoms with E-state index < -0.39 is 11.7 Å². The number of nitrogens with one attached hydrogen (secondary N) is 1. The van der Waals surface area contributed by atoms with E-state index in [1.54, 1.807) is 12.3 Å². The van der Waals surface area contributed by atoms with Gasteiger partial charge < -0.3 is 10.7 Å². The summed E-state index contributed by atoms with van der Waals surface area (Å²) >= 11 is 0. The van der Waals surface area contributed by atoms with Gasteiger partial charge >= 0.3 is 6.18 Å². The van der Waals surface area contributed by atoms with Gasteiger partial charge in [0.2, 0.25) is 5.95 Å². The normalized spacial score (nSPS) is 12.0. The van der Waals surface area contributed by atoms with Gasteiger partial charge in [0.25, 0.3) is 5.56 Å². The second-order valence-corrected chi connectivity index (χ2v) is 6.84. The highest BCUT2D eigenvalue weighted by molar-refractivity contribution is 5.75. The van der Waals surface area contributed by atoms with E-state index in [9.17, 15) is 18.0 Å². The van der Waals surface area contributed by atoms with Gasteiger partial charge in [0.1, 0.15) is 5.82 Å². The van der Waals surface area contributed by atoms with Crippen LogP contribution in [0.5, 0.6) is 0 Å². The predicted octanol–water partition coefficient (Wildman–Crippen LogP) is 3.04. The molecule has 156 valence electrons. The number of hydrogen-bond acceptors (Lipinski definition) is 5. The van der Waals surface area contributed by atoms with E-state index in [1.807, 2.05) is 6.92 Å². The number of aromatic nitrogens is 6. The Morgan fingerprint density at radius 1 is 1.23 bits per heavy atom. The molecule has 4 rings (SSSR count). The molecule has 8 nitrogen and oxygen atoms in total. The summed E-state index contributed by atoms with van der Waals surface area (Å²) in [5, 5.41) is 4.18. The lowest BCUT2D eigenvalue weighted by atomic mass is 10.1. The largest absolute Gasteiger partial charge is 0.416 e. The smallest absolute Gasteiger partial charge is 0.369 e. The Hall–Kier alpha value is -3.63. The fourth-order valence-corrected chi connectivity index (χ4v) is 3.18. The molecule has 0 atom stereocenters. The number of nitrogens with zero attached hydrogens (tertiary/aromatic N) is 5. The third-order valence-corrected chi connectivity index (χ3v) is 4.59. The van der Waals surface area contributed by atoms with Crippen molar-refractivity contribution in [2.24, 2.45) is 0 Å². The van der Waals surface area contributed by atoms with E-state index in [1.165, 1.54) is 21.5 Å². The molecule has 0 unspecified atom stereocenters. The number of anilines is 1. The number of benzene rings is 1. The van der Waals surface area contributed by atoms with Gasteiger partial charge in [0.05, 0.1) is 23.9 Å². The third kappa shape index (κ3) is 3.65. The standard InChI is InChI=1S/C19H18F3N7O/c1-2-6-29-17(30)14-16(27-18(29)23)26-15(25-14)12-8-24-28(10-12)9-11-4-3-5-13(7-11)19(20,21)22/h3-5,7-8,10H,2,6,9H2,1H3,(H2,23,27)(H,25,26). The molecule has 3 aromatic heterocycles. The molecule has 0 aliphatic rings. The lowest BCUT2D eigenvalue weighted by molar-refractivity contribution is -0.137. The zero-order valence-electron chi connectivity index (χ0n) is 15.9. The van der Waals surface area contributed by atoms with Crippen molar-refractivity contribution in [3.8, 4) is 11.4 Å². The lowest BCUT2D eigenvalue weighted by Gasteiger charge is -2.08. The lowest BCUT2D eigenvalue weighted by Crippen LogP contribution is -2.24. The highest BCUT2D eigenvalue weighted by Gasteiger charge is 2.30. The van der Waals surface area contributed by atoms with Crippen LogP contribution in [-0.4, -0.2) is 29.3 Å². The molecule has 0 saturated carbocycles. The zero-order chi connectivity index (χ0) is 21.5. The van der Waals surface area contributed by atoms with Crippen LogP contribution in [0, 0.1) is 0 Å². The Morgan fingerprint density at radius 2 is 2.03 bits per heavy atom. The molecule has 0 amide bonds. The number of nitrogen functional groups attached to an aromatic ring is 1. The molecule has 3 heterocycles. The van der Waals surface area contributed by atoms with Crippen molar-refractivity contribution in [1.29, 1.82) is 0 Å². The van der Waals surface area contributed by atoms with Crippen LogP contribution in [0.4, 0.5) is 19.1 Å². The van der Waals surface area contributed by atoms with Crippen molar-refractivity contribution in [1.82, 2.24) is 29.3 Å². The molecule has 4 aromatic rings. The van der Waals surface area contributed by atoms with E-state index in [-0.39, 0.29) is 29.2 Å². The summed E-state index contributed by atoms with van der Waals surface area (Å²) in [5.74, 6) is 0.464. The van der Waals surface area contributed by atoms with Crippen molar-refractivity contribution in [2.45, 2.75) is 32.6 Å². The quantitative estimate of drug-likeness (QED) is 0.519. The number of aromatic amines is 1. The summed E-state index contributed by atoms with van der Waals surface area (Å²) in [6.07, 6.45) is -0.537. The summed E-state index contributed by atoms with van der Waals surface area (Å²) in [6.45, 7) is 2.52. The van der Waals surface area contributed by atoms with Gasteiger partial charge in [0.15, 0.2) is 11.2 Å². The summed E-state index contributed by atoms with van der Waals surface area (Å²) < 4.78 is 41.6. The first kappa shape index (κ1) is 19.7.